The van der Waals surface area contributed by atoms with E-state index >= 15 is 0 Å². The van der Waals surface area contributed by atoms with E-state index in [4.69, 9.17) is 5.73 Å². The van der Waals surface area contributed by atoms with Crippen molar-refractivity contribution in [2.75, 3.05) is 18.1 Å². The molecule has 0 aliphatic rings. The van der Waals surface area contributed by atoms with Crippen LogP contribution in [-0.2, 0) is 12.6 Å². The van der Waals surface area contributed by atoms with Crippen LogP contribution < -0.4 is 11.1 Å². The van der Waals surface area contributed by atoms with Gasteiger partial charge in [0, 0.05) is 35.8 Å². The molecule has 0 saturated heterocycles. The van der Waals surface area contributed by atoms with E-state index in [-0.39, 0.29) is 17.1 Å². The maximum Gasteiger partial charge on any atom is 0.417 e. The predicted octanol–water partition coefficient (Wildman–Crippen LogP) is 7.51. The molecule has 7 nitrogen and oxygen atoms in total. The van der Waals surface area contributed by atoms with Crippen molar-refractivity contribution in [2.45, 2.75) is 39.8 Å². The highest BCUT2D eigenvalue weighted by Gasteiger charge is 2.34. The molecule has 0 amide bonds. The zero-order chi connectivity index (χ0) is 27.6. The molecule has 10 heteroatoms. The van der Waals surface area contributed by atoms with E-state index in [9.17, 15) is 23.3 Å². The fourth-order valence-electron chi connectivity index (χ4n) is 3.50. The molecule has 3 N–H and O–H groups in total. The Hall–Kier alpha value is -4.21. The van der Waals surface area contributed by atoms with Gasteiger partial charge in [0.15, 0.2) is 5.82 Å². The topological polar surface area (TPSA) is 107 Å². The molecule has 1 heterocycles. The first-order chi connectivity index (χ1) is 17.7. The maximum absolute atomic E-state index is 13.2. The summed E-state index contributed by atoms with van der Waals surface area (Å²) in [5.74, 6) is 0.550. The number of hydrogen-bond donors (Lipinski definition) is 2. The number of aryl methyl sites for hydroxylation is 1. The second-order valence-corrected chi connectivity index (χ2v) is 7.60. The van der Waals surface area contributed by atoms with E-state index in [0.29, 0.717) is 17.0 Å². The van der Waals surface area contributed by atoms with Gasteiger partial charge in [-0.3, -0.25) is 10.1 Å². The van der Waals surface area contributed by atoms with Gasteiger partial charge in [0.1, 0.15) is 5.82 Å². The Morgan fingerprint density at radius 1 is 1.00 bits per heavy atom. The van der Waals surface area contributed by atoms with Crippen LogP contribution >= 0.6 is 0 Å². The van der Waals surface area contributed by atoms with Crippen LogP contribution in [0.5, 0.6) is 0 Å². The third-order valence-corrected chi connectivity index (χ3v) is 5.17. The number of aromatic nitrogens is 2. The van der Waals surface area contributed by atoms with Crippen molar-refractivity contribution in [3.63, 3.8) is 0 Å². The predicted molar refractivity (Wildman–Crippen MR) is 142 cm³/mol. The largest absolute Gasteiger partial charge is 0.417 e. The van der Waals surface area contributed by atoms with Crippen LogP contribution in [0.1, 0.15) is 38.3 Å². The van der Waals surface area contributed by atoms with Gasteiger partial charge in [-0.2, -0.15) is 13.2 Å². The van der Waals surface area contributed by atoms with E-state index < -0.39 is 16.7 Å². The number of benzene rings is 3. The molecular weight excluding hydrogens is 483 g/mol. The van der Waals surface area contributed by atoms with Crippen LogP contribution in [0.2, 0.25) is 0 Å². The molecule has 0 aliphatic heterocycles. The lowest BCUT2D eigenvalue weighted by Gasteiger charge is -2.13. The highest BCUT2D eigenvalue weighted by Crippen LogP contribution is 2.36. The van der Waals surface area contributed by atoms with Gasteiger partial charge in [-0.05, 0) is 36.2 Å². The fraction of sp³-hybridized carbons (Fsp3) is 0.259. The first-order valence-electron chi connectivity index (χ1n) is 11.8. The summed E-state index contributed by atoms with van der Waals surface area (Å²) in [6.45, 7) is 6.01. The number of anilines is 2. The number of non-ortho nitro benzene ring substituents is 1. The van der Waals surface area contributed by atoms with Crippen molar-refractivity contribution in [1.82, 2.24) is 9.97 Å². The summed E-state index contributed by atoms with van der Waals surface area (Å²) >= 11 is 0. The third-order valence-electron chi connectivity index (χ3n) is 5.17. The number of alkyl halides is 3. The first-order valence-corrected chi connectivity index (χ1v) is 11.8. The lowest BCUT2D eigenvalue weighted by molar-refractivity contribution is -0.384. The molecule has 0 radical (unpaired) electrons. The molecular formula is C27H30F3N5O2. The van der Waals surface area contributed by atoms with Crippen molar-refractivity contribution in [3.8, 4) is 11.4 Å². The number of fused-ring (bicyclic) bond motifs is 1. The van der Waals surface area contributed by atoms with Crippen molar-refractivity contribution in [1.29, 1.82) is 0 Å². The molecule has 0 fully saturated rings. The van der Waals surface area contributed by atoms with Crippen molar-refractivity contribution < 1.29 is 18.1 Å². The van der Waals surface area contributed by atoms with Crippen molar-refractivity contribution in [3.05, 3.63) is 88.0 Å². The van der Waals surface area contributed by atoms with Gasteiger partial charge < -0.3 is 11.1 Å². The quantitative estimate of drug-likeness (QED) is 0.162. The standard InChI is InChI=1S/C16H12F3N3.C9H12N2O2.C2H6/c1-20-14-11-7-3-5-9-13(11)21-15(22-14)10-6-2-4-8-12(10)16(17,18)19;1-2-3-7-6-8(11(12)13)4-5-9(7)10;1-2/h2-9H,1H3,(H,20,21,22);4-6H,2-3,10H2,1H3;1-2H3. The summed E-state index contributed by atoms with van der Waals surface area (Å²) in [7, 11) is 1.67. The lowest BCUT2D eigenvalue weighted by Crippen LogP contribution is -2.08. The van der Waals surface area contributed by atoms with Gasteiger partial charge >= 0.3 is 6.18 Å². The normalized spacial score (nSPS) is 10.6. The number of nitrogens with one attached hydrogen (secondary N) is 1. The first kappa shape index (κ1) is 29.0. The van der Waals surface area contributed by atoms with E-state index in [1.807, 2.05) is 32.9 Å². The Bertz CT molecular complexity index is 1340. The maximum atomic E-state index is 13.2. The summed E-state index contributed by atoms with van der Waals surface area (Å²) in [6, 6.07) is 17.0. The molecule has 196 valence electrons. The van der Waals surface area contributed by atoms with Crippen LogP contribution in [0.25, 0.3) is 22.3 Å². The lowest BCUT2D eigenvalue weighted by atomic mass is 10.1. The molecule has 0 spiro atoms. The number of nitro groups is 1. The third kappa shape index (κ3) is 7.39. The SMILES string of the molecule is CC.CCCc1cc([N+](=O)[O-])ccc1N.CNc1nc(-c2ccccc2C(F)(F)F)nc2ccccc12. The average molecular weight is 514 g/mol. The van der Waals surface area contributed by atoms with Crippen molar-refractivity contribution >= 4 is 28.1 Å². The molecule has 0 aliphatic carbocycles. The molecule has 0 unspecified atom stereocenters. The van der Waals surface area contributed by atoms with Crippen LogP contribution in [-0.4, -0.2) is 21.9 Å². The Kier molecular flexibility index (Phi) is 10.4. The number of para-hydroxylation sites is 1. The highest BCUT2D eigenvalue weighted by molar-refractivity contribution is 5.90. The summed E-state index contributed by atoms with van der Waals surface area (Å²) in [5.41, 5.74) is 7.07. The van der Waals surface area contributed by atoms with Crippen LogP contribution in [0.15, 0.2) is 66.7 Å². The van der Waals surface area contributed by atoms with Gasteiger partial charge in [-0.1, -0.05) is 57.5 Å². The minimum atomic E-state index is -4.45. The van der Waals surface area contributed by atoms with Crippen LogP contribution in [0.3, 0.4) is 0 Å². The van der Waals surface area contributed by atoms with Gasteiger partial charge in [0.2, 0.25) is 0 Å². The number of nitrogens with two attached hydrogens (primary N) is 1. The summed E-state index contributed by atoms with van der Waals surface area (Å²) in [4.78, 5) is 18.5. The smallest absolute Gasteiger partial charge is 0.398 e. The molecule has 0 saturated carbocycles. The zero-order valence-corrected chi connectivity index (χ0v) is 21.1. The summed E-state index contributed by atoms with van der Waals surface area (Å²) in [6.07, 6.45) is -2.73. The number of nitrogen functional groups attached to an aromatic ring is 1. The van der Waals surface area contributed by atoms with Crippen LogP contribution in [0.4, 0.5) is 30.4 Å². The zero-order valence-electron chi connectivity index (χ0n) is 21.1. The average Bonchev–Trinajstić information content (AvgIpc) is 2.90. The molecule has 3 aromatic carbocycles. The molecule has 1 aromatic heterocycles. The second kappa shape index (κ2) is 13.2. The summed E-state index contributed by atoms with van der Waals surface area (Å²) in [5, 5.41) is 14.1. The summed E-state index contributed by atoms with van der Waals surface area (Å²) < 4.78 is 39.5. The monoisotopic (exact) mass is 513 g/mol. The van der Waals surface area contributed by atoms with Crippen molar-refractivity contribution in [2.24, 2.45) is 0 Å². The molecule has 37 heavy (non-hydrogen) atoms. The van der Waals surface area contributed by atoms with Gasteiger partial charge in [0.25, 0.3) is 5.69 Å². The van der Waals surface area contributed by atoms with Gasteiger partial charge in [-0.25, -0.2) is 9.97 Å². The molecule has 4 rings (SSSR count). The number of nitrogens with zero attached hydrogens (tertiary/aromatic N) is 3. The van der Waals surface area contributed by atoms with E-state index in [1.165, 1.54) is 18.2 Å². The molecule has 0 atom stereocenters. The van der Waals surface area contributed by atoms with Crippen LogP contribution in [0, 0.1) is 10.1 Å². The van der Waals surface area contributed by atoms with E-state index in [0.717, 1.165) is 29.9 Å². The number of hydrogen-bond acceptors (Lipinski definition) is 6. The Labute approximate surface area is 213 Å². The minimum absolute atomic E-state index is 0.0303. The minimum Gasteiger partial charge on any atom is -0.398 e. The highest BCUT2D eigenvalue weighted by atomic mass is 19.4. The Morgan fingerprint density at radius 3 is 2.27 bits per heavy atom. The van der Waals surface area contributed by atoms with Gasteiger partial charge in [0.05, 0.1) is 16.0 Å². The second-order valence-electron chi connectivity index (χ2n) is 7.60. The number of rotatable bonds is 5. The number of nitro benzene ring substituents is 1. The van der Waals surface area contributed by atoms with E-state index in [2.05, 4.69) is 15.3 Å². The Morgan fingerprint density at radius 2 is 1.65 bits per heavy atom. The molecule has 0 bridgehead atoms. The fourth-order valence-corrected chi connectivity index (χ4v) is 3.50. The molecule has 4 aromatic rings. The number of halogens is 3. The Balaban J connectivity index is 0.000000275. The van der Waals surface area contributed by atoms with Gasteiger partial charge in [-0.15, -0.1) is 0 Å². The van der Waals surface area contributed by atoms with E-state index in [1.54, 1.807) is 37.4 Å².